The highest BCUT2D eigenvalue weighted by Crippen LogP contribution is 2.28. The number of halogens is 1. The Bertz CT molecular complexity index is 1970. The highest BCUT2D eigenvalue weighted by molar-refractivity contribution is 5.85. The molecular weight excluding hydrogens is 860 g/mol. The van der Waals surface area contributed by atoms with Crippen LogP contribution in [0.5, 0.6) is 0 Å². The van der Waals surface area contributed by atoms with Gasteiger partial charge in [0.05, 0.1) is 11.4 Å². The lowest BCUT2D eigenvalue weighted by atomic mass is 10.1. The molecular formula is C50H73ClN16. The average molecular weight is 934 g/mol. The molecule has 2 saturated carbocycles. The number of nitrogens with one attached hydrogen (secondary N) is 4. The molecule has 0 amide bonds. The third kappa shape index (κ3) is 15.2. The van der Waals surface area contributed by atoms with Gasteiger partial charge in [0.2, 0.25) is 35.7 Å². The zero-order chi connectivity index (χ0) is 45.8. The number of nitrogens with zero attached hydrogens (tertiary/aromatic N) is 12. The van der Waals surface area contributed by atoms with Gasteiger partial charge in [-0.3, -0.25) is 19.5 Å². The van der Waals surface area contributed by atoms with Crippen molar-refractivity contribution >= 4 is 59.5 Å². The van der Waals surface area contributed by atoms with Gasteiger partial charge in [-0.1, -0.05) is 102 Å². The van der Waals surface area contributed by atoms with Crippen molar-refractivity contribution in [3.63, 3.8) is 0 Å². The second-order valence-corrected chi connectivity index (χ2v) is 18.0. The van der Waals surface area contributed by atoms with E-state index in [1.165, 1.54) is 77.0 Å². The standard InChI is InChI=1S/2C25H36N8.ClH/c2*1-3-32-17-11-16-22(32)18-27-23-29-24(28-20-12-7-4-5-8-13-20)31-25(30-23)33(19-26-2)21-14-9-6-10-15-21;/h2*6,9-10,14-15,20,22H,3-5,7-8,11-13,16-19H2,1H3,(H2,27,28,29,30,31);1H. The van der Waals surface area contributed by atoms with Gasteiger partial charge < -0.3 is 21.3 Å². The first kappa shape index (κ1) is 50.9. The van der Waals surface area contributed by atoms with Gasteiger partial charge in [-0.25, -0.2) is 22.9 Å². The van der Waals surface area contributed by atoms with Crippen LogP contribution in [-0.2, 0) is 0 Å². The number of aromatic nitrogens is 6. The van der Waals surface area contributed by atoms with E-state index in [9.17, 15) is 0 Å². The minimum Gasteiger partial charge on any atom is -0.352 e. The van der Waals surface area contributed by atoms with E-state index >= 15 is 0 Å². The summed E-state index contributed by atoms with van der Waals surface area (Å²) < 4.78 is 0. The smallest absolute Gasteiger partial charge is 0.295 e. The summed E-state index contributed by atoms with van der Waals surface area (Å²) in [5.74, 6) is 3.35. The van der Waals surface area contributed by atoms with Gasteiger partial charge in [0.25, 0.3) is 13.3 Å². The Balaban J connectivity index is 0.000000218. The lowest BCUT2D eigenvalue weighted by Crippen LogP contribution is -2.35. The maximum atomic E-state index is 7.48. The van der Waals surface area contributed by atoms with Crippen molar-refractivity contribution < 1.29 is 0 Å². The molecule has 16 nitrogen and oxygen atoms in total. The number of likely N-dealkylation sites (N-methyl/N-ethyl adjacent to an activating group) is 2. The fourth-order valence-electron chi connectivity index (χ4n) is 9.85. The van der Waals surface area contributed by atoms with E-state index in [0.717, 1.165) is 76.3 Å². The van der Waals surface area contributed by atoms with E-state index in [1.54, 1.807) is 0 Å². The van der Waals surface area contributed by atoms with Gasteiger partial charge >= 0.3 is 0 Å². The minimum atomic E-state index is 0. The summed E-state index contributed by atoms with van der Waals surface area (Å²) in [4.78, 5) is 44.5. The molecule has 8 rings (SSSR count). The lowest BCUT2D eigenvalue weighted by Gasteiger charge is -2.24. The molecule has 4 aliphatic rings. The molecule has 0 bridgehead atoms. The van der Waals surface area contributed by atoms with Crippen molar-refractivity contribution in [2.75, 3.05) is 83.7 Å². The van der Waals surface area contributed by atoms with Crippen LogP contribution in [0.3, 0.4) is 0 Å². The molecule has 2 atom stereocenters. The van der Waals surface area contributed by atoms with Gasteiger partial charge in [-0.05, 0) is 102 Å². The highest BCUT2D eigenvalue weighted by atomic mass is 35.5. The molecule has 17 heteroatoms. The number of para-hydroxylation sites is 2. The maximum absolute atomic E-state index is 7.48. The van der Waals surface area contributed by atoms with Crippen LogP contribution < -0.4 is 31.1 Å². The molecule has 2 aromatic heterocycles. The molecule has 360 valence electrons. The number of benzene rings is 2. The largest absolute Gasteiger partial charge is 0.352 e. The normalized spacial score (nSPS) is 19.3. The number of likely N-dealkylation sites (tertiary alicyclic amines) is 2. The summed E-state index contributed by atoms with van der Waals surface area (Å²) in [7, 11) is 0. The molecule has 0 radical (unpaired) electrons. The van der Waals surface area contributed by atoms with Gasteiger partial charge in [0.1, 0.15) is 0 Å². The number of anilines is 8. The SMILES string of the molecule is Cl.[C-]#[N+]CN(c1ccccc1)c1nc(NCC2CCCN2CC)nc(NC2CCCCCC2)n1.[C-]#[N+]CN(c1ccccc1)c1nc(NCC2CCCN2CC)nc(NC2CCCCCC2)n1. The third-order valence-corrected chi connectivity index (χ3v) is 13.5. The summed E-state index contributed by atoms with van der Waals surface area (Å²) in [6.07, 6.45) is 19.6. The first-order valence-corrected chi connectivity index (χ1v) is 24.9. The predicted octanol–water partition coefficient (Wildman–Crippen LogP) is 10.3. The Morgan fingerprint density at radius 3 is 1.24 bits per heavy atom. The van der Waals surface area contributed by atoms with Crippen LogP contribution in [0, 0.1) is 13.1 Å². The van der Waals surface area contributed by atoms with Gasteiger partial charge in [-0.15, -0.1) is 12.4 Å². The Morgan fingerprint density at radius 1 is 0.507 bits per heavy atom. The maximum Gasteiger partial charge on any atom is 0.295 e. The summed E-state index contributed by atoms with van der Waals surface area (Å²) in [5, 5.41) is 14.1. The lowest BCUT2D eigenvalue weighted by molar-refractivity contribution is 0.276. The van der Waals surface area contributed by atoms with Crippen molar-refractivity contribution in [3.8, 4) is 0 Å². The van der Waals surface area contributed by atoms with E-state index < -0.39 is 0 Å². The molecule has 2 aliphatic heterocycles. The van der Waals surface area contributed by atoms with Gasteiger partial charge in [-0.2, -0.15) is 29.9 Å². The second kappa shape index (κ2) is 27.3. The number of hydrogen-bond acceptors (Lipinski definition) is 14. The van der Waals surface area contributed by atoms with Crippen LogP contribution in [0.15, 0.2) is 60.7 Å². The molecule has 4 fully saturated rings. The van der Waals surface area contributed by atoms with Crippen LogP contribution in [0.1, 0.15) is 117 Å². The molecule has 4 heterocycles. The Morgan fingerprint density at radius 2 is 0.881 bits per heavy atom. The molecule has 2 aliphatic carbocycles. The molecule has 4 N–H and O–H groups in total. The van der Waals surface area contributed by atoms with Crippen LogP contribution in [0.4, 0.5) is 47.1 Å². The zero-order valence-corrected chi connectivity index (χ0v) is 40.6. The van der Waals surface area contributed by atoms with Crippen LogP contribution in [0.25, 0.3) is 9.69 Å². The van der Waals surface area contributed by atoms with E-state index in [-0.39, 0.29) is 25.7 Å². The van der Waals surface area contributed by atoms with Crippen molar-refractivity contribution in [1.82, 2.24) is 39.7 Å². The number of rotatable bonds is 18. The summed E-state index contributed by atoms with van der Waals surface area (Å²) in [6, 6.07) is 21.5. The van der Waals surface area contributed by atoms with Crippen molar-refractivity contribution in [2.24, 2.45) is 0 Å². The minimum absolute atomic E-state index is 0. The van der Waals surface area contributed by atoms with Crippen LogP contribution in [-0.4, -0.2) is 116 Å². The second-order valence-electron chi connectivity index (χ2n) is 18.0. The van der Waals surface area contributed by atoms with E-state index in [2.05, 4.69) is 54.6 Å². The van der Waals surface area contributed by atoms with Gasteiger partial charge in [0, 0.05) is 37.3 Å². The molecule has 67 heavy (non-hydrogen) atoms. The predicted molar refractivity (Wildman–Crippen MR) is 275 cm³/mol. The summed E-state index contributed by atoms with van der Waals surface area (Å²) in [6.45, 7) is 25.8. The number of hydrogen-bond donors (Lipinski definition) is 4. The molecule has 2 saturated heterocycles. The van der Waals surface area contributed by atoms with Crippen molar-refractivity contribution in [1.29, 1.82) is 0 Å². The Hall–Kier alpha value is -5.55. The fraction of sp³-hybridized carbons (Fsp3) is 0.600. The van der Waals surface area contributed by atoms with Gasteiger partial charge in [0.15, 0.2) is 0 Å². The molecule has 2 unspecified atom stereocenters. The topological polar surface area (TPSA) is 147 Å². The van der Waals surface area contributed by atoms with E-state index in [4.69, 9.17) is 43.0 Å². The van der Waals surface area contributed by atoms with Crippen LogP contribution in [0.2, 0.25) is 0 Å². The van der Waals surface area contributed by atoms with Crippen LogP contribution >= 0.6 is 12.4 Å². The summed E-state index contributed by atoms with van der Waals surface area (Å²) in [5.41, 5.74) is 1.80. The Labute approximate surface area is 405 Å². The first-order chi connectivity index (χ1) is 32.5. The Kier molecular flexibility index (Phi) is 20.7. The fourth-order valence-corrected chi connectivity index (χ4v) is 9.85. The summed E-state index contributed by atoms with van der Waals surface area (Å²) >= 11 is 0. The molecule has 2 aromatic carbocycles. The monoisotopic (exact) mass is 933 g/mol. The highest BCUT2D eigenvalue weighted by Gasteiger charge is 2.26. The van der Waals surface area contributed by atoms with Crippen molar-refractivity contribution in [2.45, 2.75) is 141 Å². The van der Waals surface area contributed by atoms with E-state index in [0.29, 0.717) is 59.9 Å². The molecule has 4 aromatic rings. The third-order valence-electron chi connectivity index (χ3n) is 13.5. The zero-order valence-electron chi connectivity index (χ0n) is 39.8. The molecule has 0 spiro atoms. The van der Waals surface area contributed by atoms with E-state index in [1.807, 2.05) is 70.5 Å². The van der Waals surface area contributed by atoms with Crippen molar-refractivity contribution in [3.05, 3.63) is 83.5 Å². The average Bonchev–Trinajstić information content (AvgIpc) is 3.84. The first-order valence-electron chi connectivity index (χ1n) is 24.9. The quantitative estimate of drug-likeness (QED) is 0.0554.